The van der Waals surface area contributed by atoms with Crippen molar-refractivity contribution in [1.82, 2.24) is 19.5 Å². The van der Waals surface area contributed by atoms with Gasteiger partial charge < -0.3 is 9.47 Å². The summed E-state index contributed by atoms with van der Waals surface area (Å²) >= 11 is 0.928. The first-order chi connectivity index (χ1) is 22.9. The molecule has 0 N–H and O–H groups in total. The molecule has 2 amide bonds. The first-order valence-corrected chi connectivity index (χ1v) is 17.8. The minimum absolute atomic E-state index is 0.0591. The summed E-state index contributed by atoms with van der Waals surface area (Å²) in [6, 6.07) is 25.1. The van der Waals surface area contributed by atoms with E-state index in [9.17, 15) is 18.9 Å². The lowest BCUT2D eigenvalue weighted by Crippen LogP contribution is -2.41. The van der Waals surface area contributed by atoms with Gasteiger partial charge in [0.1, 0.15) is 18.5 Å². The highest BCUT2D eigenvalue weighted by atomic mass is 32.7. The van der Waals surface area contributed by atoms with E-state index in [0.29, 0.717) is 5.56 Å². The van der Waals surface area contributed by atoms with Crippen molar-refractivity contribution in [3.8, 4) is 0 Å². The molecule has 2 aromatic heterocycles. The van der Waals surface area contributed by atoms with Gasteiger partial charge in [0.05, 0.1) is 18.5 Å². The number of imidazole rings is 1. The second-order valence-corrected chi connectivity index (χ2v) is 14.7. The van der Waals surface area contributed by atoms with Crippen molar-refractivity contribution < 1.29 is 37.5 Å². The topological polar surface area (TPSA) is 152 Å². The van der Waals surface area contributed by atoms with E-state index in [1.165, 1.54) is 17.2 Å². The molecule has 0 spiro atoms. The van der Waals surface area contributed by atoms with Gasteiger partial charge in [0.15, 0.2) is 29.3 Å². The Morgan fingerprint density at radius 1 is 0.872 bits per heavy atom. The number of aromatic nitrogens is 4. The molecule has 0 radical (unpaired) electrons. The van der Waals surface area contributed by atoms with Crippen LogP contribution in [0.15, 0.2) is 104 Å². The van der Waals surface area contributed by atoms with E-state index in [2.05, 4.69) is 15.0 Å². The number of fused-ring (bicyclic) bond motifs is 2. The van der Waals surface area contributed by atoms with E-state index in [0.717, 1.165) is 16.3 Å². The van der Waals surface area contributed by atoms with E-state index < -0.39 is 49.1 Å². The minimum atomic E-state index is -3.56. The van der Waals surface area contributed by atoms with Crippen LogP contribution >= 0.6 is 18.2 Å². The standard InChI is InChI=1S/C32H26N5O8PS/c1-47-46(41)42-17-23-25(45-46)26(44-32(40)22-15-9-4-10-16-22)31(43-23)36-19-35-24-27(36)33-18-34-28(24)37(29(38)20-11-5-2-6-12-20)30(39)21-13-7-3-8-14-21/h2-16,18-19,23,25-26,31H,17H2,1H3/t23-,25?,26?,31-,46?/m1/s1. The Morgan fingerprint density at radius 2 is 1.47 bits per heavy atom. The summed E-state index contributed by atoms with van der Waals surface area (Å²) in [6.07, 6.45) is 0.313. The van der Waals surface area contributed by atoms with Crippen LogP contribution in [-0.2, 0) is 23.1 Å². The van der Waals surface area contributed by atoms with E-state index in [1.807, 2.05) is 0 Å². The van der Waals surface area contributed by atoms with E-state index in [-0.39, 0.29) is 34.7 Å². The number of rotatable bonds is 7. The molecule has 0 aliphatic carbocycles. The summed E-state index contributed by atoms with van der Waals surface area (Å²) in [5, 5.41) is 0. The number of nitrogens with zero attached hydrogens (tertiary/aromatic N) is 5. The van der Waals surface area contributed by atoms with Gasteiger partial charge in [0, 0.05) is 11.1 Å². The van der Waals surface area contributed by atoms with Crippen LogP contribution < -0.4 is 4.90 Å². The molecule has 47 heavy (non-hydrogen) atoms. The second kappa shape index (κ2) is 12.8. The molecule has 13 nitrogen and oxygen atoms in total. The van der Waals surface area contributed by atoms with Crippen LogP contribution in [0.25, 0.3) is 11.2 Å². The Labute approximate surface area is 272 Å². The van der Waals surface area contributed by atoms with Crippen LogP contribution in [0.1, 0.15) is 37.3 Å². The largest absolute Gasteiger partial charge is 0.451 e. The van der Waals surface area contributed by atoms with E-state index in [4.69, 9.17) is 18.5 Å². The molecule has 3 unspecified atom stereocenters. The summed E-state index contributed by atoms with van der Waals surface area (Å²) in [7, 11) is 0. The van der Waals surface area contributed by atoms with Gasteiger partial charge in [-0.25, -0.2) is 29.2 Å². The molecule has 2 aliphatic rings. The van der Waals surface area contributed by atoms with Gasteiger partial charge in [-0.3, -0.25) is 23.2 Å². The monoisotopic (exact) mass is 671 g/mol. The van der Waals surface area contributed by atoms with Crippen molar-refractivity contribution in [2.45, 2.75) is 24.5 Å². The highest BCUT2D eigenvalue weighted by Crippen LogP contribution is 2.64. The fourth-order valence-corrected chi connectivity index (χ4v) is 7.61. The molecule has 2 saturated heterocycles. The number of carbonyl (C=O) groups is 3. The van der Waals surface area contributed by atoms with Gasteiger partial charge >= 0.3 is 12.8 Å². The first kappa shape index (κ1) is 30.9. The zero-order valence-electron chi connectivity index (χ0n) is 24.7. The Kier molecular flexibility index (Phi) is 8.43. The van der Waals surface area contributed by atoms with Crippen molar-refractivity contribution in [3.63, 3.8) is 0 Å². The van der Waals surface area contributed by atoms with Crippen LogP contribution in [0.3, 0.4) is 0 Å². The number of carbonyl (C=O) groups excluding carboxylic acids is 3. The van der Waals surface area contributed by atoms with Gasteiger partial charge in [-0.1, -0.05) is 54.6 Å². The molecule has 3 aromatic carbocycles. The van der Waals surface area contributed by atoms with E-state index >= 15 is 0 Å². The summed E-state index contributed by atoms with van der Waals surface area (Å²) < 4.78 is 38.3. The van der Waals surface area contributed by atoms with Gasteiger partial charge in [0.2, 0.25) is 0 Å². The fraction of sp³-hybridized carbons (Fsp3) is 0.188. The Morgan fingerprint density at radius 3 is 2.06 bits per heavy atom. The Balaban J connectivity index is 1.31. The minimum Gasteiger partial charge on any atom is -0.451 e. The van der Waals surface area contributed by atoms with Crippen LogP contribution in [0.5, 0.6) is 0 Å². The third kappa shape index (κ3) is 5.86. The lowest BCUT2D eigenvalue weighted by Gasteiger charge is -2.31. The molecular formula is C32H26N5O8PS. The molecule has 238 valence electrons. The number of amides is 2. The first-order valence-electron chi connectivity index (χ1n) is 14.4. The van der Waals surface area contributed by atoms with Gasteiger partial charge in [-0.15, -0.1) is 0 Å². The average molecular weight is 672 g/mol. The maximum Gasteiger partial charge on any atom is 0.389 e. The molecule has 7 rings (SSSR count). The van der Waals surface area contributed by atoms with Crippen LogP contribution in [-0.4, -0.2) is 68.5 Å². The highest BCUT2D eigenvalue weighted by Gasteiger charge is 2.55. The van der Waals surface area contributed by atoms with Gasteiger partial charge in [-0.2, -0.15) is 0 Å². The molecule has 15 heteroatoms. The normalized spacial score (nSPS) is 23.6. The SMILES string of the molecule is CSP1(=O)OC[C@H]2O[C@@H](n3cnc4c(N(C(=O)c5ccccc5)C(=O)c5ccccc5)ncnc43)C(OC(=O)c3ccccc3)C2O1. The van der Waals surface area contributed by atoms with Crippen molar-refractivity contribution in [2.24, 2.45) is 0 Å². The molecular weight excluding hydrogens is 645 g/mol. The zero-order valence-corrected chi connectivity index (χ0v) is 26.4. The van der Waals surface area contributed by atoms with Crippen molar-refractivity contribution >= 4 is 52.9 Å². The molecule has 2 aliphatic heterocycles. The number of hydrogen-bond donors (Lipinski definition) is 0. The fourth-order valence-electron chi connectivity index (χ4n) is 5.42. The number of esters is 1. The number of ether oxygens (including phenoxy) is 2. The Bertz CT molecular complexity index is 1950. The highest BCUT2D eigenvalue weighted by molar-refractivity contribution is 8.54. The Hall–Kier alpha value is -4.72. The number of hydrogen-bond acceptors (Lipinski definition) is 12. The van der Waals surface area contributed by atoms with Crippen LogP contribution in [0, 0.1) is 0 Å². The van der Waals surface area contributed by atoms with E-state index in [1.54, 1.807) is 97.3 Å². The lowest BCUT2D eigenvalue weighted by molar-refractivity contribution is -0.0580. The van der Waals surface area contributed by atoms with Crippen LogP contribution in [0.4, 0.5) is 5.82 Å². The lowest BCUT2D eigenvalue weighted by atomic mass is 10.1. The van der Waals surface area contributed by atoms with Gasteiger partial charge in [0.25, 0.3) is 11.8 Å². The molecule has 0 saturated carbocycles. The third-order valence-electron chi connectivity index (χ3n) is 7.68. The number of benzene rings is 3. The van der Waals surface area contributed by atoms with Gasteiger partial charge in [-0.05, 0) is 54.0 Å². The quantitative estimate of drug-likeness (QED) is 0.125. The number of imide groups is 1. The van der Waals surface area contributed by atoms with Crippen molar-refractivity contribution in [3.05, 3.63) is 120 Å². The second-order valence-electron chi connectivity index (χ2n) is 10.5. The number of anilines is 1. The smallest absolute Gasteiger partial charge is 0.389 e. The maximum absolute atomic E-state index is 13.9. The predicted octanol–water partition coefficient (Wildman–Crippen LogP) is 5.32. The average Bonchev–Trinajstić information content (AvgIpc) is 3.70. The van der Waals surface area contributed by atoms with Crippen molar-refractivity contribution in [2.75, 3.05) is 17.8 Å². The van der Waals surface area contributed by atoms with Crippen LogP contribution in [0.2, 0.25) is 0 Å². The summed E-state index contributed by atoms with van der Waals surface area (Å²) in [5.41, 5.74) is 1.10. The molecule has 5 atom stereocenters. The molecule has 2 fully saturated rings. The summed E-state index contributed by atoms with van der Waals surface area (Å²) in [6.45, 7) is -3.63. The predicted molar refractivity (Wildman–Crippen MR) is 171 cm³/mol. The summed E-state index contributed by atoms with van der Waals surface area (Å²) in [5.74, 6) is -1.95. The summed E-state index contributed by atoms with van der Waals surface area (Å²) in [4.78, 5) is 55.3. The molecule has 4 heterocycles. The molecule has 5 aromatic rings. The van der Waals surface area contributed by atoms with Crippen molar-refractivity contribution in [1.29, 1.82) is 0 Å². The maximum atomic E-state index is 13.9. The zero-order chi connectivity index (χ0) is 32.5. The third-order valence-corrected chi connectivity index (χ3v) is 11.0. The molecule has 0 bridgehead atoms.